The molecule has 17 heavy (non-hydrogen) atoms. The smallest absolute Gasteiger partial charge is 0.125 e. The van der Waals surface area contributed by atoms with Gasteiger partial charge in [-0.15, -0.1) is 12.3 Å². The summed E-state index contributed by atoms with van der Waals surface area (Å²) in [6.45, 7) is 0. The van der Waals surface area contributed by atoms with Gasteiger partial charge in [0.25, 0.3) is 0 Å². The van der Waals surface area contributed by atoms with Gasteiger partial charge in [-0.2, -0.15) is 0 Å². The van der Waals surface area contributed by atoms with Crippen LogP contribution in [0, 0.1) is 12.3 Å². The van der Waals surface area contributed by atoms with Crippen molar-refractivity contribution >= 4 is 10.8 Å². The Morgan fingerprint density at radius 2 is 2.06 bits per heavy atom. The number of methoxy groups -OCH3 is 1. The summed E-state index contributed by atoms with van der Waals surface area (Å²) in [5, 5.41) is 12.2. The average Bonchev–Trinajstić information content (AvgIpc) is 2.37. The summed E-state index contributed by atoms with van der Waals surface area (Å²) in [5.74, 6) is 3.15. The van der Waals surface area contributed by atoms with Gasteiger partial charge >= 0.3 is 0 Å². The largest absolute Gasteiger partial charge is 0.496 e. The lowest BCUT2D eigenvalue weighted by atomic mass is 9.98. The minimum atomic E-state index is -0.693. The fourth-order valence-electron chi connectivity index (χ4n) is 2.01. The summed E-state index contributed by atoms with van der Waals surface area (Å²) in [4.78, 5) is 0. The van der Waals surface area contributed by atoms with Gasteiger partial charge in [0.05, 0.1) is 13.2 Å². The first kappa shape index (κ1) is 11.5. The van der Waals surface area contributed by atoms with Crippen LogP contribution < -0.4 is 4.74 Å². The van der Waals surface area contributed by atoms with Crippen LogP contribution in [-0.2, 0) is 0 Å². The van der Waals surface area contributed by atoms with Crippen molar-refractivity contribution in [2.24, 2.45) is 0 Å². The predicted molar refractivity (Wildman–Crippen MR) is 68.9 cm³/mol. The van der Waals surface area contributed by atoms with Crippen LogP contribution in [0.15, 0.2) is 36.4 Å². The van der Waals surface area contributed by atoms with Crippen molar-refractivity contribution in [3.8, 4) is 18.1 Å². The number of aliphatic hydroxyl groups is 1. The fourth-order valence-corrected chi connectivity index (χ4v) is 2.01. The molecule has 0 radical (unpaired) electrons. The van der Waals surface area contributed by atoms with Crippen LogP contribution in [0.1, 0.15) is 18.1 Å². The molecule has 1 unspecified atom stereocenters. The molecule has 2 nitrogen and oxygen atoms in total. The Morgan fingerprint density at radius 1 is 1.29 bits per heavy atom. The third kappa shape index (κ3) is 2.11. The maximum atomic E-state index is 10.1. The van der Waals surface area contributed by atoms with Crippen molar-refractivity contribution in [3.63, 3.8) is 0 Å². The molecule has 0 aliphatic carbocycles. The van der Waals surface area contributed by atoms with E-state index in [0.29, 0.717) is 5.75 Å². The number of hydrogen-bond donors (Lipinski definition) is 1. The van der Waals surface area contributed by atoms with E-state index in [1.165, 1.54) is 0 Å². The zero-order valence-corrected chi connectivity index (χ0v) is 9.68. The Bertz CT molecular complexity index is 567. The van der Waals surface area contributed by atoms with Crippen molar-refractivity contribution in [1.82, 2.24) is 0 Å². The summed E-state index contributed by atoms with van der Waals surface area (Å²) in [6, 6.07) is 11.7. The van der Waals surface area contributed by atoms with Crippen LogP contribution in [0.25, 0.3) is 10.8 Å². The van der Waals surface area contributed by atoms with E-state index in [1.54, 1.807) is 7.11 Å². The van der Waals surface area contributed by atoms with Crippen LogP contribution in [0.4, 0.5) is 0 Å². The van der Waals surface area contributed by atoms with Gasteiger partial charge in [0.2, 0.25) is 0 Å². The number of rotatable bonds is 3. The summed E-state index contributed by atoms with van der Waals surface area (Å²) < 4.78 is 5.29. The lowest BCUT2D eigenvalue weighted by molar-refractivity contribution is 0.181. The molecule has 2 rings (SSSR count). The molecular weight excluding hydrogens is 212 g/mol. The number of ether oxygens (including phenoxy) is 1. The minimum Gasteiger partial charge on any atom is -0.496 e. The molecule has 1 atom stereocenters. The van der Waals surface area contributed by atoms with Crippen LogP contribution in [0.3, 0.4) is 0 Å². The van der Waals surface area contributed by atoms with Crippen LogP contribution in [-0.4, -0.2) is 12.2 Å². The fraction of sp³-hybridized carbons (Fsp3) is 0.200. The minimum absolute atomic E-state index is 0.282. The first-order valence-corrected chi connectivity index (χ1v) is 5.45. The summed E-state index contributed by atoms with van der Waals surface area (Å²) in [6.07, 6.45) is 4.84. The molecule has 2 aromatic carbocycles. The van der Waals surface area contributed by atoms with Crippen molar-refractivity contribution in [3.05, 3.63) is 42.0 Å². The average molecular weight is 226 g/mol. The van der Waals surface area contributed by atoms with Gasteiger partial charge in [-0.25, -0.2) is 0 Å². The molecular formula is C15H14O2. The molecule has 0 bridgehead atoms. The third-order valence-corrected chi connectivity index (χ3v) is 2.80. The number of fused-ring (bicyclic) bond motifs is 1. The Balaban J connectivity index is 2.67. The monoisotopic (exact) mass is 226 g/mol. The Morgan fingerprint density at radius 3 is 2.76 bits per heavy atom. The molecule has 0 aliphatic rings. The van der Waals surface area contributed by atoms with Gasteiger partial charge in [0.1, 0.15) is 5.75 Å². The Kier molecular flexibility index (Phi) is 3.32. The Labute approximate surface area is 101 Å². The summed E-state index contributed by atoms with van der Waals surface area (Å²) in [7, 11) is 1.59. The first-order valence-electron chi connectivity index (χ1n) is 5.45. The van der Waals surface area contributed by atoms with Gasteiger partial charge in [-0.05, 0) is 16.8 Å². The van der Waals surface area contributed by atoms with Crippen LogP contribution in [0.5, 0.6) is 5.75 Å². The van der Waals surface area contributed by atoms with Gasteiger partial charge in [-0.1, -0.05) is 30.3 Å². The van der Waals surface area contributed by atoms with E-state index >= 15 is 0 Å². The molecule has 2 heteroatoms. The number of aliphatic hydroxyl groups excluding tert-OH is 1. The molecule has 0 saturated heterocycles. The number of hydrogen-bond acceptors (Lipinski definition) is 2. The zero-order chi connectivity index (χ0) is 12.3. The number of benzene rings is 2. The Hall–Kier alpha value is -1.98. The highest BCUT2D eigenvalue weighted by Crippen LogP contribution is 2.34. The molecule has 2 aromatic rings. The van der Waals surface area contributed by atoms with E-state index in [-0.39, 0.29) is 6.42 Å². The van der Waals surface area contributed by atoms with E-state index in [1.807, 2.05) is 36.4 Å². The molecule has 0 fully saturated rings. The quantitative estimate of drug-likeness (QED) is 0.815. The predicted octanol–water partition coefficient (Wildman–Crippen LogP) is 2.91. The molecule has 1 N–H and O–H groups in total. The first-order chi connectivity index (χ1) is 8.27. The van der Waals surface area contributed by atoms with E-state index in [0.717, 1.165) is 16.3 Å². The molecule has 0 saturated carbocycles. The SMILES string of the molecule is C#CCC(O)c1c(OC)ccc2ccccc12. The van der Waals surface area contributed by atoms with Crippen LogP contribution in [0.2, 0.25) is 0 Å². The van der Waals surface area contributed by atoms with E-state index < -0.39 is 6.10 Å². The van der Waals surface area contributed by atoms with Crippen molar-refractivity contribution in [1.29, 1.82) is 0 Å². The molecule has 0 heterocycles. The van der Waals surface area contributed by atoms with Gasteiger partial charge in [0.15, 0.2) is 0 Å². The van der Waals surface area contributed by atoms with E-state index in [9.17, 15) is 5.11 Å². The molecule has 86 valence electrons. The van der Waals surface area contributed by atoms with Crippen LogP contribution >= 0.6 is 0 Å². The maximum Gasteiger partial charge on any atom is 0.125 e. The highest BCUT2D eigenvalue weighted by molar-refractivity contribution is 5.88. The lowest BCUT2D eigenvalue weighted by Crippen LogP contribution is -2.01. The van der Waals surface area contributed by atoms with Crippen molar-refractivity contribution in [2.75, 3.05) is 7.11 Å². The third-order valence-electron chi connectivity index (χ3n) is 2.80. The second-order valence-electron chi connectivity index (χ2n) is 3.83. The van der Waals surface area contributed by atoms with E-state index in [4.69, 9.17) is 11.2 Å². The molecule has 0 amide bonds. The van der Waals surface area contributed by atoms with Crippen molar-refractivity contribution < 1.29 is 9.84 Å². The molecule has 0 aliphatic heterocycles. The summed E-state index contributed by atoms with van der Waals surface area (Å²) in [5.41, 5.74) is 0.767. The molecule has 0 spiro atoms. The van der Waals surface area contributed by atoms with Gasteiger partial charge in [-0.3, -0.25) is 0 Å². The normalized spacial score (nSPS) is 12.1. The standard InChI is InChI=1S/C15H14O2/c1-3-6-13(16)15-12-8-5-4-7-11(12)9-10-14(15)17-2/h1,4-5,7-10,13,16H,6H2,2H3. The highest BCUT2D eigenvalue weighted by Gasteiger charge is 2.15. The van der Waals surface area contributed by atoms with Gasteiger partial charge in [0, 0.05) is 12.0 Å². The lowest BCUT2D eigenvalue weighted by Gasteiger charge is -2.15. The highest BCUT2D eigenvalue weighted by atomic mass is 16.5. The number of terminal acetylenes is 1. The zero-order valence-electron chi connectivity index (χ0n) is 9.68. The maximum absolute atomic E-state index is 10.1. The van der Waals surface area contributed by atoms with Crippen molar-refractivity contribution in [2.45, 2.75) is 12.5 Å². The van der Waals surface area contributed by atoms with Gasteiger partial charge < -0.3 is 9.84 Å². The van der Waals surface area contributed by atoms with E-state index in [2.05, 4.69) is 5.92 Å². The second-order valence-corrected chi connectivity index (χ2v) is 3.83. The summed E-state index contributed by atoms with van der Waals surface area (Å²) >= 11 is 0. The molecule has 0 aromatic heterocycles. The second kappa shape index (κ2) is 4.90. The topological polar surface area (TPSA) is 29.5 Å².